The van der Waals surface area contributed by atoms with E-state index in [1.54, 1.807) is 0 Å². The Bertz CT molecular complexity index is 1070. The van der Waals surface area contributed by atoms with Crippen LogP contribution in [0, 0.1) is 6.92 Å². The molecule has 10 heteroatoms. The fraction of sp³-hybridized carbons (Fsp3) is 0.400. The average Bonchev–Trinajstić information content (AvgIpc) is 3.16. The maximum Gasteiger partial charge on any atom is 0.334 e. The molecule has 0 bridgehead atoms. The van der Waals surface area contributed by atoms with Gasteiger partial charge in [-0.25, -0.2) is 13.6 Å². The second-order valence-electron chi connectivity index (χ2n) is 7.32. The number of alkyl halides is 2. The SMILES string of the molecule is CO[C@@H](Cn1nc(-c2nc(C3(c4ccccc4C)CC3)no2)cc1C(F)F)C(=O)O. The summed E-state index contributed by atoms with van der Waals surface area (Å²) >= 11 is 0. The molecule has 0 unspecified atom stereocenters. The van der Waals surface area contributed by atoms with Gasteiger partial charge in [0.05, 0.1) is 12.0 Å². The molecule has 1 aromatic carbocycles. The number of rotatable bonds is 8. The summed E-state index contributed by atoms with van der Waals surface area (Å²) in [6.07, 6.45) is -2.45. The fourth-order valence-electron chi connectivity index (χ4n) is 3.64. The lowest BCUT2D eigenvalue weighted by Gasteiger charge is -2.13. The lowest BCUT2D eigenvalue weighted by atomic mass is 9.91. The van der Waals surface area contributed by atoms with Gasteiger partial charge in [-0.3, -0.25) is 4.68 Å². The van der Waals surface area contributed by atoms with Gasteiger partial charge < -0.3 is 14.4 Å². The van der Waals surface area contributed by atoms with Crippen LogP contribution in [0.1, 0.15) is 41.9 Å². The van der Waals surface area contributed by atoms with Gasteiger partial charge in [0, 0.05) is 7.11 Å². The zero-order valence-electron chi connectivity index (χ0n) is 16.4. The molecule has 0 amide bonds. The van der Waals surface area contributed by atoms with Gasteiger partial charge in [0.25, 0.3) is 12.3 Å². The van der Waals surface area contributed by atoms with Crippen LogP contribution in [0.15, 0.2) is 34.9 Å². The lowest BCUT2D eigenvalue weighted by Crippen LogP contribution is -2.29. The van der Waals surface area contributed by atoms with Gasteiger partial charge >= 0.3 is 5.97 Å². The number of nitrogens with zero attached hydrogens (tertiary/aromatic N) is 4. The highest BCUT2D eigenvalue weighted by Gasteiger charge is 2.50. The average molecular weight is 418 g/mol. The third-order valence-electron chi connectivity index (χ3n) is 5.42. The van der Waals surface area contributed by atoms with Crippen LogP contribution < -0.4 is 0 Å². The molecule has 0 aliphatic heterocycles. The number of halogens is 2. The van der Waals surface area contributed by atoms with Crippen molar-refractivity contribution in [3.05, 3.63) is 53.0 Å². The summed E-state index contributed by atoms with van der Waals surface area (Å²) in [6.45, 7) is 1.64. The van der Waals surface area contributed by atoms with Gasteiger partial charge in [-0.1, -0.05) is 29.4 Å². The molecule has 158 valence electrons. The van der Waals surface area contributed by atoms with E-state index in [0.717, 1.165) is 34.7 Å². The minimum Gasteiger partial charge on any atom is -0.479 e. The molecule has 1 atom stereocenters. The first-order chi connectivity index (χ1) is 14.4. The van der Waals surface area contributed by atoms with E-state index in [4.69, 9.17) is 14.4 Å². The first kappa shape index (κ1) is 20.1. The summed E-state index contributed by atoms with van der Waals surface area (Å²) in [7, 11) is 1.19. The summed E-state index contributed by atoms with van der Waals surface area (Å²) < 4.78 is 38.0. The van der Waals surface area contributed by atoms with Gasteiger partial charge in [0.1, 0.15) is 5.69 Å². The molecule has 1 N–H and O–H groups in total. The van der Waals surface area contributed by atoms with Crippen molar-refractivity contribution in [3.63, 3.8) is 0 Å². The maximum atomic E-state index is 13.5. The van der Waals surface area contributed by atoms with Crippen molar-refractivity contribution >= 4 is 5.97 Å². The molecule has 1 saturated carbocycles. The first-order valence-electron chi connectivity index (χ1n) is 9.38. The van der Waals surface area contributed by atoms with Crippen LogP contribution in [0.3, 0.4) is 0 Å². The third kappa shape index (κ3) is 3.47. The molecule has 1 aliphatic rings. The molecule has 1 aliphatic carbocycles. The van der Waals surface area contributed by atoms with Crippen molar-refractivity contribution < 1.29 is 27.9 Å². The normalized spacial score (nSPS) is 16.0. The molecule has 30 heavy (non-hydrogen) atoms. The summed E-state index contributed by atoms with van der Waals surface area (Å²) in [5, 5.41) is 17.3. The quantitative estimate of drug-likeness (QED) is 0.598. The van der Waals surface area contributed by atoms with E-state index >= 15 is 0 Å². The molecule has 4 rings (SSSR count). The van der Waals surface area contributed by atoms with E-state index in [9.17, 15) is 13.6 Å². The Kier molecular flexibility index (Phi) is 5.10. The second kappa shape index (κ2) is 7.60. The molecule has 0 radical (unpaired) electrons. The predicted octanol–water partition coefficient (Wildman–Crippen LogP) is 3.36. The number of methoxy groups -OCH3 is 1. The molecule has 3 aromatic rings. The number of carboxylic acids is 1. The zero-order chi connectivity index (χ0) is 21.5. The minimum absolute atomic E-state index is 0.00908. The number of ether oxygens (including phenoxy) is 1. The van der Waals surface area contributed by atoms with Gasteiger partial charge in [-0.05, 0) is 37.0 Å². The standard InChI is InChI=1S/C20H20F2N4O4/c1-11-5-3-4-6-12(11)20(7-8-20)19-23-17(30-25-19)13-9-14(16(21)22)26(24-13)10-15(29-2)18(27)28/h3-6,9,15-16H,7-8,10H2,1-2H3,(H,27,28)/t15-/m0/s1. The summed E-state index contributed by atoms with van der Waals surface area (Å²) in [5.41, 5.74) is 1.49. The van der Waals surface area contributed by atoms with E-state index < -0.39 is 24.2 Å². The highest BCUT2D eigenvalue weighted by Crippen LogP contribution is 2.53. The number of benzene rings is 1. The Morgan fingerprint density at radius 1 is 1.37 bits per heavy atom. The second-order valence-corrected chi connectivity index (χ2v) is 7.32. The lowest BCUT2D eigenvalue weighted by molar-refractivity contribution is -0.149. The van der Waals surface area contributed by atoms with Crippen LogP contribution >= 0.6 is 0 Å². The zero-order valence-corrected chi connectivity index (χ0v) is 16.4. The molecule has 8 nitrogen and oxygen atoms in total. The smallest absolute Gasteiger partial charge is 0.334 e. The van der Waals surface area contributed by atoms with Crippen LogP contribution in [-0.2, 0) is 21.5 Å². The van der Waals surface area contributed by atoms with Crippen LogP contribution in [0.2, 0.25) is 0 Å². The van der Waals surface area contributed by atoms with Crippen LogP contribution in [0.5, 0.6) is 0 Å². The first-order valence-corrected chi connectivity index (χ1v) is 9.38. The number of aryl methyl sites for hydroxylation is 1. The van der Waals surface area contributed by atoms with Gasteiger partial charge in [0.2, 0.25) is 0 Å². The molecule has 0 spiro atoms. The maximum absolute atomic E-state index is 13.5. The number of aliphatic carboxylic acids is 1. The number of hydrogen-bond donors (Lipinski definition) is 1. The van der Waals surface area contributed by atoms with Crippen molar-refractivity contribution in [2.75, 3.05) is 7.11 Å². The Morgan fingerprint density at radius 3 is 2.70 bits per heavy atom. The van der Waals surface area contributed by atoms with Gasteiger partial charge in [-0.15, -0.1) is 0 Å². The highest BCUT2D eigenvalue weighted by molar-refractivity contribution is 5.72. The summed E-state index contributed by atoms with van der Waals surface area (Å²) in [5.74, 6) is -0.779. The number of carbonyl (C=O) groups is 1. The van der Waals surface area contributed by atoms with E-state index in [-0.39, 0.29) is 23.5 Å². The van der Waals surface area contributed by atoms with Crippen molar-refractivity contribution in [3.8, 4) is 11.6 Å². The molecule has 1 fully saturated rings. The fourth-order valence-corrected chi connectivity index (χ4v) is 3.64. The summed E-state index contributed by atoms with van der Waals surface area (Å²) in [6, 6.07) is 9.08. The van der Waals surface area contributed by atoms with E-state index in [0.29, 0.717) is 5.82 Å². The van der Waals surface area contributed by atoms with E-state index in [1.165, 1.54) is 7.11 Å². The van der Waals surface area contributed by atoms with Crippen molar-refractivity contribution in [2.45, 2.75) is 44.3 Å². The van der Waals surface area contributed by atoms with Crippen molar-refractivity contribution in [1.29, 1.82) is 0 Å². The van der Waals surface area contributed by atoms with Crippen molar-refractivity contribution in [1.82, 2.24) is 19.9 Å². The van der Waals surface area contributed by atoms with E-state index in [1.807, 2.05) is 31.2 Å². The number of hydrogen-bond acceptors (Lipinski definition) is 6. The Balaban J connectivity index is 1.66. The number of carboxylic acid groups (broad SMARTS) is 1. The minimum atomic E-state index is -2.86. The Morgan fingerprint density at radius 2 is 2.10 bits per heavy atom. The topological polar surface area (TPSA) is 103 Å². The van der Waals surface area contributed by atoms with Crippen molar-refractivity contribution in [2.24, 2.45) is 0 Å². The van der Waals surface area contributed by atoms with Crippen LogP contribution in [0.25, 0.3) is 11.6 Å². The predicted molar refractivity (Wildman–Crippen MR) is 100 cm³/mol. The molecular formula is C20H20F2N4O4. The molecular weight excluding hydrogens is 398 g/mol. The monoisotopic (exact) mass is 418 g/mol. The van der Waals surface area contributed by atoms with E-state index in [2.05, 4.69) is 15.2 Å². The molecule has 2 aromatic heterocycles. The third-order valence-corrected chi connectivity index (χ3v) is 5.42. The van der Waals surface area contributed by atoms with Crippen LogP contribution in [-0.4, -0.2) is 44.2 Å². The number of aromatic nitrogens is 4. The van der Waals surface area contributed by atoms with Crippen LogP contribution in [0.4, 0.5) is 8.78 Å². The molecule has 0 saturated heterocycles. The van der Waals surface area contributed by atoms with Gasteiger partial charge in [-0.2, -0.15) is 10.1 Å². The highest BCUT2D eigenvalue weighted by atomic mass is 19.3. The largest absolute Gasteiger partial charge is 0.479 e. The molecule has 2 heterocycles. The Labute approximate surface area is 170 Å². The summed E-state index contributed by atoms with van der Waals surface area (Å²) in [4.78, 5) is 15.6. The Hall–Kier alpha value is -3.14. The van der Waals surface area contributed by atoms with Gasteiger partial charge in [0.15, 0.2) is 17.6 Å².